The number of para-hydroxylation sites is 1. The first kappa shape index (κ1) is 14.4. The van der Waals surface area contributed by atoms with Crippen molar-refractivity contribution in [3.8, 4) is 5.69 Å². The average molecular weight is 321 g/mol. The molecular formula is C16H14Cl2N2O. The molecule has 0 amide bonds. The smallest absolute Gasteiger partial charge is 0.129 e. The summed E-state index contributed by atoms with van der Waals surface area (Å²) < 4.78 is 7.35. The minimum atomic E-state index is 0.327. The summed E-state index contributed by atoms with van der Waals surface area (Å²) in [5.41, 5.74) is 3.93. The van der Waals surface area contributed by atoms with Crippen molar-refractivity contribution in [3.05, 3.63) is 58.9 Å². The Bertz CT molecular complexity index is 783. The molecule has 0 atom stereocenters. The highest BCUT2D eigenvalue weighted by Crippen LogP contribution is 2.27. The van der Waals surface area contributed by atoms with Crippen LogP contribution < -0.4 is 0 Å². The molecule has 0 aliphatic heterocycles. The number of methoxy groups -OCH3 is 1. The molecule has 0 unspecified atom stereocenters. The fourth-order valence-corrected chi connectivity index (χ4v) is 2.81. The van der Waals surface area contributed by atoms with E-state index in [1.54, 1.807) is 7.11 Å². The number of hydrogen-bond donors (Lipinski definition) is 0. The summed E-state index contributed by atoms with van der Waals surface area (Å²) in [6.07, 6.45) is 0. The van der Waals surface area contributed by atoms with Crippen molar-refractivity contribution in [1.82, 2.24) is 9.55 Å². The molecular weight excluding hydrogens is 307 g/mol. The fraction of sp³-hybridized carbons (Fsp3) is 0.188. The zero-order valence-electron chi connectivity index (χ0n) is 11.5. The van der Waals surface area contributed by atoms with Gasteiger partial charge in [-0.05, 0) is 24.3 Å². The van der Waals surface area contributed by atoms with Gasteiger partial charge >= 0.3 is 0 Å². The molecule has 0 fully saturated rings. The van der Waals surface area contributed by atoms with Crippen molar-refractivity contribution in [2.24, 2.45) is 0 Å². The molecule has 1 aromatic heterocycles. The molecule has 0 aliphatic rings. The SMILES string of the molecule is COCc1ccccc1-n1c(CCl)nc2cc(Cl)ccc21. The molecule has 0 bridgehead atoms. The number of fused-ring (bicyclic) bond motifs is 1. The van der Waals surface area contributed by atoms with E-state index in [0.717, 1.165) is 28.1 Å². The highest BCUT2D eigenvalue weighted by Gasteiger charge is 2.14. The first-order chi connectivity index (χ1) is 10.2. The van der Waals surface area contributed by atoms with Gasteiger partial charge in [0.05, 0.1) is 29.2 Å². The van der Waals surface area contributed by atoms with E-state index in [2.05, 4.69) is 9.55 Å². The van der Waals surface area contributed by atoms with Gasteiger partial charge in [-0.1, -0.05) is 29.8 Å². The Morgan fingerprint density at radius 1 is 1.19 bits per heavy atom. The van der Waals surface area contributed by atoms with E-state index in [1.807, 2.05) is 42.5 Å². The Hall–Kier alpha value is -1.55. The van der Waals surface area contributed by atoms with E-state index in [4.69, 9.17) is 27.9 Å². The molecule has 1 heterocycles. The maximum atomic E-state index is 6.08. The quantitative estimate of drug-likeness (QED) is 0.659. The molecule has 0 saturated carbocycles. The van der Waals surface area contributed by atoms with Crippen molar-refractivity contribution in [1.29, 1.82) is 0 Å². The van der Waals surface area contributed by atoms with Crippen molar-refractivity contribution < 1.29 is 4.74 Å². The van der Waals surface area contributed by atoms with Crippen LogP contribution in [0.5, 0.6) is 0 Å². The molecule has 3 rings (SSSR count). The molecule has 0 aliphatic carbocycles. The standard InChI is InChI=1S/C16H14Cl2N2O/c1-21-10-11-4-2-3-5-14(11)20-15-7-6-12(18)8-13(15)19-16(20)9-17/h2-8H,9-10H2,1H3. The molecule has 2 aromatic carbocycles. The van der Waals surface area contributed by atoms with Crippen molar-refractivity contribution in [3.63, 3.8) is 0 Å². The zero-order chi connectivity index (χ0) is 14.8. The number of benzene rings is 2. The normalized spacial score (nSPS) is 11.2. The van der Waals surface area contributed by atoms with Gasteiger partial charge in [0.25, 0.3) is 0 Å². The van der Waals surface area contributed by atoms with E-state index in [9.17, 15) is 0 Å². The van der Waals surface area contributed by atoms with Gasteiger partial charge in [-0.25, -0.2) is 4.98 Å². The number of nitrogens with zero attached hydrogens (tertiary/aromatic N) is 2. The highest BCUT2D eigenvalue weighted by atomic mass is 35.5. The number of halogens is 2. The lowest BCUT2D eigenvalue weighted by Gasteiger charge is -2.13. The van der Waals surface area contributed by atoms with Gasteiger partial charge in [-0.2, -0.15) is 0 Å². The van der Waals surface area contributed by atoms with Gasteiger partial charge in [-0.3, -0.25) is 4.57 Å². The van der Waals surface area contributed by atoms with E-state index >= 15 is 0 Å². The van der Waals surface area contributed by atoms with Gasteiger partial charge < -0.3 is 4.74 Å². The number of alkyl halides is 1. The molecule has 0 N–H and O–H groups in total. The van der Waals surface area contributed by atoms with Gasteiger partial charge in [0.2, 0.25) is 0 Å². The van der Waals surface area contributed by atoms with Crippen LogP contribution in [0.1, 0.15) is 11.4 Å². The Kier molecular flexibility index (Phi) is 4.15. The Labute approximate surface area is 133 Å². The number of imidazole rings is 1. The summed E-state index contributed by atoms with van der Waals surface area (Å²) in [6.45, 7) is 0.533. The van der Waals surface area contributed by atoms with Crippen LogP contribution in [0, 0.1) is 0 Å². The molecule has 21 heavy (non-hydrogen) atoms. The molecule has 3 aromatic rings. The molecule has 3 nitrogen and oxygen atoms in total. The van der Waals surface area contributed by atoms with Crippen molar-refractivity contribution in [2.45, 2.75) is 12.5 Å². The second-order valence-electron chi connectivity index (χ2n) is 4.69. The molecule has 108 valence electrons. The second-order valence-corrected chi connectivity index (χ2v) is 5.40. The second kappa shape index (κ2) is 6.06. The van der Waals surface area contributed by atoms with Gasteiger partial charge in [0.1, 0.15) is 5.82 Å². The van der Waals surface area contributed by atoms with E-state index < -0.39 is 0 Å². The monoisotopic (exact) mass is 320 g/mol. The lowest BCUT2D eigenvalue weighted by molar-refractivity contribution is 0.185. The maximum absolute atomic E-state index is 6.08. The van der Waals surface area contributed by atoms with Crippen LogP contribution in [-0.2, 0) is 17.2 Å². The van der Waals surface area contributed by atoms with E-state index in [1.165, 1.54) is 0 Å². The minimum Gasteiger partial charge on any atom is -0.380 e. The summed E-state index contributed by atoms with van der Waals surface area (Å²) in [7, 11) is 1.69. The fourth-order valence-electron chi connectivity index (χ4n) is 2.47. The van der Waals surface area contributed by atoms with Crippen LogP contribution in [0.25, 0.3) is 16.7 Å². The third-order valence-corrected chi connectivity index (χ3v) is 3.81. The summed E-state index contributed by atoms with van der Waals surface area (Å²) in [4.78, 5) is 4.58. The van der Waals surface area contributed by atoms with Gasteiger partial charge in [0.15, 0.2) is 0 Å². The van der Waals surface area contributed by atoms with Gasteiger partial charge in [-0.15, -0.1) is 11.6 Å². The predicted molar refractivity (Wildman–Crippen MR) is 86.4 cm³/mol. The van der Waals surface area contributed by atoms with E-state index in [-0.39, 0.29) is 0 Å². The average Bonchev–Trinajstić information content (AvgIpc) is 2.85. The van der Waals surface area contributed by atoms with Crippen molar-refractivity contribution >= 4 is 34.2 Å². The zero-order valence-corrected chi connectivity index (χ0v) is 13.0. The third kappa shape index (κ3) is 2.64. The maximum Gasteiger partial charge on any atom is 0.129 e. The topological polar surface area (TPSA) is 27.1 Å². The third-order valence-electron chi connectivity index (χ3n) is 3.34. The minimum absolute atomic E-state index is 0.327. The van der Waals surface area contributed by atoms with E-state index in [0.29, 0.717) is 17.5 Å². The number of rotatable bonds is 4. The van der Waals surface area contributed by atoms with Crippen LogP contribution >= 0.6 is 23.2 Å². The van der Waals surface area contributed by atoms with Crippen LogP contribution in [0.15, 0.2) is 42.5 Å². The molecule has 0 spiro atoms. The predicted octanol–water partition coefficient (Wildman–Crippen LogP) is 4.56. The molecule has 5 heteroatoms. The summed E-state index contributed by atoms with van der Waals surface area (Å²) in [6, 6.07) is 13.7. The number of aromatic nitrogens is 2. The van der Waals surface area contributed by atoms with Crippen LogP contribution in [0.3, 0.4) is 0 Å². The Morgan fingerprint density at radius 3 is 2.76 bits per heavy atom. The van der Waals surface area contributed by atoms with Gasteiger partial charge in [0, 0.05) is 17.7 Å². The Balaban J connectivity index is 2.29. The molecule has 0 saturated heterocycles. The summed E-state index contributed by atoms with van der Waals surface area (Å²) >= 11 is 12.1. The van der Waals surface area contributed by atoms with Crippen LogP contribution in [-0.4, -0.2) is 16.7 Å². The largest absolute Gasteiger partial charge is 0.380 e. The van der Waals surface area contributed by atoms with Crippen LogP contribution in [0.2, 0.25) is 5.02 Å². The summed E-state index contributed by atoms with van der Waals surface area (Å²) in [5, 5.41) is 0.665. The highest BCUT2D eigenvalue weighted by molar-refractivity contribution is 6.31. The Morgan fingerprint density at radius 2 is 2.00 bits per heavy atom. The lowest BCUT2D eigenvalue weighted by Crippen LogP contribution is -2.04. The first-order valence-corrected chi connectivity index (χ1v) is 7.46. The first-order valence-electron chi connectivity index (χ1n) is 6.54. The van der Waals surface area contributed by atoms with Crippen molar-refractivity contribution in [2.75, 3.05) is 7.11 Å². The number of hydrogen-bond acceptors (Lipinski definition) is 2. The number of ether oxygens (including phenoxy) is 1. The molecule has 0 radical (unpaired) electrons. The lowest BCUT2D eigenvalue weighted by atomic mass is 10.1. The van der Waals surface area contributed by atoms with Crippen LogP contribution in [0.4, 0.5) is 0 Å². The summed E-state index contributed by atoms with van der Waals surface area (Å²) in [5.74, 6) is 1.12.